The molecule has 3 heterocycles. The van der Waals surface area contributed by atoms with Crippen molar-refractivity contribution in [1.82, 2.24) is 19.7 Å². The van der Waals surface area contributed by atoms with Crippen molar-refractivity contribution in [2.45, 2.75) is 19.9 Å². The first kappa shape index (κ1) is 23.1. The SMILES string of the molecule is CCOc1ccccc1[C@H]1C(C(=O)Nc2cccnc2)=C(C)Nc2nc(-c3ccc(OC)cc3)nn21. The molecule has 0 aliphatic carbocycles. The first-order valence-corrected chi connectivity index (χ1v) is 11.6. The van der Waals surface area contributed by atoms with E-state index in [0.717, 1.165) is 16.9 Å². The molecule has 2 aromatic carbocycles. The highest BCUT2D eigenvalue weighted by Crippen LogP contribution is 2.40. The summed E-state index contributed by atoms with van der Waals surface area (Å²) < 4.78 is 13.0. The number of ether oxygens (including phenoxy) is 2. The molecular formula is C27H26N6O3. The van der Waals surface area contributed by atoms with Crippen molar-refractivity contribution >= 4 is 17.5 Å². The van der Waals surface area contributed by atoms with E-state index in [1.807, 2.05) is 62.4 Å². The van der Waals surface area contributed by atoms with E-state index in [9.17, 15) is 4.79 Å². The van der Waals surface area contributed by atoms with Crippen molar-refractivity contribution in [3.8, 4) is 22.9 Å². The van der Waals surface area contributed by atoms with Crippen molar-refractivity contribution in [2.24, 2.45) is 0 Å². The van der Waals surface area contributed by atoms with Crippen LogP contribution in [0.1, 0.15) is 25.5 Å². The lowest BCUT2D eigenvalue weighted by Gasteiger charge is -2.29. The Morgan fingerprint density at radius 1 is 1.11 bits per heavy atom. The molecule has 1 aliphatic rings. The van der Waals surface area contributed by atoms with Crippen LogP contribution in [0, 0.1) is 0 Å². The fourth-order valence-electron chi connectivity index (χ4n) is 4.22. The zero-order valence-electron chi connectivity index (χ0n) is 20.2. The second-order valence-electron chi connectivity index (χ2n) is 8.16. The number of hydrogen-bond acceptors (Lipinski definition) is 7. The predicted octanol–water partition coefficient (Wildman–Crippen LogP) is 4.68. The standard InChI is InChI=1S/C27H26N6O3/c1-4-36-22-10-6-5-9-21(22)24-23(26(34)30-19-8-7-15-28-16-19)17(2)29-27-31-25(32-33(24)27)18-11-13-20(35-3)14-12-18/h5-16,24H,4H2,1-3H3,(H,30,34)(H,29,31,32)/t24-/m0/s1. The van der Waals surface area contributed by atoms with Gasteiger partial charge in [-0.3, -0.25) is 9.78 Å². The van der Waals surface area contributed by atoms with Gasteiger partial charge in [-0.25, -0.2) is 4.68 Å². The summed E-state index contributed by atoms with van der Waals surface area (Å²) in [6, 6.07) is 18.2. The Bertz CT molecular complexity index is 1410. The Hall–Kier alpha value is -4.66. The van der Waals surface area contributed by atoms with Gasteiger partial charge in [0.05, 0.1) is 31.2 Å². The van der Waals surface area contributed by atoms with Crippen LogP contribution in [0.3, 0.4) is 0 Å². The Labute approximate surface area is 208 Å². The number of nitrogens with one attached hydrogen (secondary N) is 2. The highest BCUT2D eigenvalue weighted by atomic mass is 16.5. The van der Waals surface area contributed by atoms with E-state index >= 15 is 0 Å². The number of aromatic nitrogens is 4. The van der Waals surface area contributed by atoms with Gasteiger partial charge in [0.15, 0.2) is 5.82 Å². The van der Waals surface area contributed by atoms with Gasteiger partial charge >= 0.3 is 0 Å². The van der Waals surface area contributed by atoms with Crippen molar-refractivity contribution in [2.75, 3.05) is 24.4 Å². The van der Waals surface area contributed by atoms with Gasteiger partial charge in [-0.1, -0.05) is 18.2 Å². The number of pyridine rings is 1. The van der Waals surface area contributed by atoms with Crippen molar-refractivity contribution in [3.05, 3.63) is 89.9 Å². The molecule has 0 saturated heterocycles. The molecule has 0 unspecified atom stereocenters. The molecule has 0 fully saturated rings. The highest BCUT2D eigenvalue weighted by Gasteiger charge is 2.36. The number of allylic oxidation sites excluding steroid dienone is 1. The number of para-hydroxylation sites is 1. The molecule has 9 nitrogen and oxygen atoms in total. The number of anilines is 2. The largest absolute Gasteiger partial charge is 0.497 e. The molecule has 1 amide bonds. The third-order valence-corrected chi connectivity index (χ3v) is 5.88. The minimum atomic E-state index is -0.569. The zero-order chi connectivity index (χ0) is 25.1. The number of amides is 1. The van der Waals surface area contributed by atoms with Crippen LogP contribution in [0.2, 0.25) is 0 Å². The summed E-state index contributed by atoms with van der Waals surface area (Å²) in [6.45, 7) is 4.28. The Kier molecular flexibility index (Phi) is 6.36. The maximum absolute atomic E-state index is 13.6. The van der Waals surface area contributed by atoms with Crippen LogP contribution >= 0.6 is 0 Å². The lowest BCUT2D eigenvalue weighted by molar-refractivity contribution is -0.113. The van der Waals surface area contributed by atoms with Gasteiger partial charge in [0.2, 0.25) is 5.95 Å². The van der Waals surface area contributed by atoms with E-state index in [2.05, 4.69) is 15.6 Å². The fraction of sp³-hybridized carbons (Fsp3) is 0.185. The quantitative estimate of drug-likeness (QED) is 0.394. The molecule has 5 rings (SSSR count). The monoisotopic (exact) mass is 482 g/mol. The van der Waals surface area contributed by atoms with Crippen LogP contribution in [0.4, 0.5) is 11.6 Å². The van der Waals surface area contributed by atoms with Crippen molar-refractivity contribution < 1.29 is 14.3 Å². The molecule has 36 heavy (non-hydrogen) atoms. The first-order chi connectivity index (χ1) is 17.6. The van der Waals surface area contributed by atoms with Crippen molar-refractivity contribution in [3.63, 3.8) is 0 Å². The van der Waals surface area contributed by atoms with E-state index in [1.165, 1.54) is 0 Å². The van der Waals surface area contributed by atoms with Crippen LogP contribution < -0.4 is 20.1 Å². The van der Waals surface area contributed by atoms with Crippen LogP contribution in [-0.2, 0) is 4.79 Å². The molecule has 4 aromatic rings. The summed E-state index contributed by atoms with van der Waals surface area (Å²) in [5, 5.41) is 11.1. The molecule has 182 valence electrons. The van der Waals surface area contributed by atoms with Gasteiger partial charge in [0.25, 0.3) is 5.91 Å². The van der Waals surface area contributed by atoms with Crippen LogP contribution in [-0.4, -0.2) is 39.4 Å². The van der Waals surface area contributed by atoms with Crippen LogP contribution in [0.5, 0.6) is 11.5 Å². The summed E-state index contributed by atoms with van der Waals surface area (Å²) in [5.74, 6) is 2.22. The average Bonchev–Trinajstić information content (AvgIpc) is 3.32. The number of rotatable bonds is 7. The fourth-order valence-corrected chi connectivity index (χ4v) is 4.22. The zero-order valence-corrected chi connectivity index (χ0v) is 20.2. The lowest BCUT2D eigenvalue weighted by atomic mass is 9.94. The maximum atomic E-state index is 13.6. The molecule has 0 bridgehead atoms. The summed E-state index contributed by atoms with van der Waals surface area (Å²) in [5.41, 5.74) is 3.42. The number of hydrogen-bond donors (Lipinski definition) is 2. The van der Waals surface area contributed by atoms with Crippen LogP contribution in [0.15, 0.2) is 84.3 Å². The molecule has 0 saturated carbocycles. The van der Waals surface area contributed by atoms with E-state index in [1.54, 1.807) is 36.3 Å². The third kappa shape index (κ3) is 4.38. The molecular weight excluding hydrogens is 456 g/mol. The summed E-state index contributed by atoms with van der Waals surface area (Å²) >= 11 is 0. The number of carbonyl (C=O) groups is 1. The Morgan fingerprint density at radius 3 is 2.64 bits per heavy atom. The van der Waals surface area contributed by atoms with E-state index in [0.29, 0.717) is 41.1 Å². The number of fused-ring (bicyclic) bond motifs is 1. The number of carbonyl (C=O) groups excluding carboxylic acids is 1. The highest BCUT2D eigenvalue weighted by molar-refractivity contribution is 6.06. The molecule has 2 aromatic heterocycles. The average molecular weight is 483 g/mol. The van der Waals surface area contributed by atoms with Gasteiger partial charge < -0.3 is 20.1 Å². The Balaban J connectivity index is 1.62. The summed E-state index contributed by atoms with van der Waals surface area (Å²) in [4.78, 5) is 22.5. The molecule has 1 atom stereocenters. The molecule has 9 heteroatoms. The third-order valence-electron chi connectivity index (χ3n) is 5.88. The van der Waals surface area contributed by atoms with Gasteiger partial charge in [0, 0.05) is 23.0 Å². The summed E-state index contributed by atoms with van der Waals surface area (Å²) in [6.07, 6.45) is 3.27. The molecule has 2 N–H and O–H groups in total. The minimum absolute atomic E-state index is 0.267. The minimum Gasteiger partial charge on any atom is -0.497 e. The summed E-state index contributed by atoms with van der Waals surface area (Å²) in [7, 11) is 1.62. The van der Waals surface area contributed by atoms with Crippen LogP contribution in [0.25, 0.3) is 11.4 Å². The number of benzene rings is 2. The molecule has 1 aliphatic heterocycles. The van der Waals surface area contributed by atoms with Crippen molar-refractivity contribution in [1.29, 1.82) is 0 Å². The van der Waals surface area contributed by atoms with Gasteiger partial charge in [-0.05, 0) is 56.3 Å². The normalized spacial score (nSPS) is 14.6. The van der Waals surface area contributed by atoms with E-state index in [-0.39, 0.29) is 5.91 Å². The lowest BCUT2D eigenvalue weighted by Crippen LogP contribution is -2.31. The van der Waals surface area contributed by atoms with Gasteiger partial charge in [-0.15, -0.1) is 5.10 Å². The maximum Gasteiger partial charge on any atom is 0.255 e. The first-order valence-electron chi connectivity index (χ1n) is 11.6. The second kappa shape index (κ2) is 9.91. The van der Waals surface area contributed by atoms with Gasteiger partial charge in [-0.2, -0.15) is 4.98 Å². The number of nitrogens with zero attached hydrogens (tertiary/aromatic N) is 4. The molecule has 0 radical (unpaired) electrons. The topological polar surface area (TPSA) is 103 Å². The smallest absolute Gasteiger partial charge is 0.255 e. The van der Waals surface area contributed by atoms with E-state index in [4.69, 9.17) is 19.6 Å². The number of methoxy groups -OCH3 is 1. The van der Waals surface area contributed by atoms with Gasteiger partial charge in [0.1, 0.15) is 17.5 Å². The Morgan fingerprint density at radius 2 is 1.92 bits per heavy atom. The predicted molar refractivity (Wildman–Crippen MR) is 137 cm³/mol. The van der Waals surface area contributed by atoms with E-state index < -0.39 is 6.04 Å². The molecule has 0 spiro atoms. The second-order valence-corrected chi connectivity index (χ2v) is 8.16.